The highest BCUT2D eigenvalue weighted by atomic mass is 32.1. The lowest BCUT2D eigenvalue weighted by Gasteiger charge is -2.31. The summed E-state index contributed by atoms with van der Waals surface area (Å²) < 4.78 is 15.7. The zero-order valence-electron chi connectivity index (χ0n) is 17.8. The van der Waals surface area contributed by atoms with E-state index in [-0.39, 0.29) is 22.9 Å². The second-order valence-corrected chi connectivity index (χ2v) is 10.0. The maximum Gasteiger partial charge on any atom is 0.306 e. The molecule has 1 amide bonds. The van der Waals surface area contributed by atoms with Gasteiger partial charge in [-0.3, -0.25) is 9.59 Å². The molecule has 2 aliphatic rings. The lowest BCUT2D eigenvalue weighted by Crippen LogP contribution is -2.38. The van der Waals surface area contributed by atoms with Crippen molar-refractivity contribution in [3.63, 3.8) is 0 Å². The average molecular weight is 456 g/mol. The molecule has 3 aromatic heterocycles. The summed E-state index contributed by atoms with van der Waals surface area (Å²) in [6.07, 6.45) is 5.96. The van der Waals surface area contributed by atoms with Crippen LogP contribution < -0.4 is 0 Å². The number of amides is 1. The molecule has 0 radical (unpaired) electrons. The zero-order valence-corrected chi connectivity index (χ0v) is 18.6. The highest BCUT2D eigenvalue weighted by Crippen LogP contribution is 2.34. The van der Waals surface area contributed by atoms with Crippen molar-refractivity contribution >= 4 is 34.2 Å². The van der Waals surface area contributed by atoms with Crippen LogP contribution in [-0.2, 0) is 29.1 Å². The van der Waals surface area contributed by atoms with Gasteiger partial charge < -0.3 is 14.6 Å². The predicted molar refractivity (Wildman–Crippen MR) is 120 cm³/mol. The van der Waals surface area contributed by atoms with Gasteiger partial charge in [-0.1, -0.05) is 0 Å². The van der Waals surface area contributed by atoms with E-state index in [1.807, 2.05) is 11.0 Å². The molecule has 4 heterocycles. The third kappa shape index (κ3) is 4.03. The number of carbonyl (C=O) groups is 2. The molecule has 0 atom stereocenters. The van der Waals surface area contributed by atoms with E-state index in [9.17, 15) is 19.1 Å². The topological polar surface area (TPSA) is 75.4 Å². The van der Waals surface area contributed by atoms with Crippen molar-refractivity contribution in [1.29, 1.82) is 0 Å². The lowest BCUT2D eigenvalue weighted by molar-refractivity contribution is -0.143. The number of rotatable bonds is 5. The van der Waals surface area contributed by atoms with Crippen LogP contribution in [0.25, 0.3) is 11.0 Å². The SMILES string of the molecule is O=C(C[C@H]1CC[C@H](C(=O)O)CC1)N1CCc2c(n(Cc3ccc(F)s3)c3ncccc23)C1. The fraction of sp³-hybridized carbons (Fsp3) is 0.458. The molecule has 1 saturated carbocycles. The Morgan fingerprint density at radius 1 is 1.19 bits per heavy atom. The molecule has 1 fully saturated rings. The van der Waals surface area contributed by atoms with Gasteiger partial charge in [-0.2, -0.15) is 4.39 Å². The van der Waals surface area contributed by atoms with Crippen molar-refractivity contribution in [1.82, 2.24) is 14.5 Å². The molecular weight excluding hydrogens is 429 g/mol. The number of carbonyl (C=O) groups excluding carboxylic acids is 1. The third-order valence-electron chi connectivity index (χ3n) is 6.97. The monoisotopic (exact) mass is 455 g/mol. The smallest absolute Gasteiger partial charge is 0.306 e. The molecule has 0 spiro atoms. The Hall–Kier alpha value is -2.74. The number of fused-ring (bicyclic) bond motifs is 3. The number of pyridine rings is 1. The van der Waals surface area contributed by atoms with Gasteiger partial charge in [0.25, 0.3) is 0 Å². The molecule has 168 valence electrons. The largest absolute Gasteiger partial charge is 0.481 e. The van der Waals surface area contributed by atoms with Gasteiger partial charge in [0.2, 0.25) is 5.91 Å². The first kappa shape index (κ1) is 21.1. The summed E-state index contributed by atoms with van der Waals surface area (Å²) in [4.78, 5) is 31.7. The Labute approximate surface area is 189 Å². The van der Waals surface area contributed by atoms with Crippen LogP contribution in [0.15, 0.2) is 30.5 Å². The minimum absolute atomic E-state index is 0.140. The fourth-order valence-electron chi connectivity index (χ4n) is 5.23. The van der Waals surface area contributed by atoms with Crippen molar-refractivity contribution in [3.8, 4) is 0 Å². The van der Waals surface area contributed by atoms with Gasteiger partial charge in [0.15, 0.2) is 5.13 Å². The van der Waals surface area contributed by atoms with Gasteiger partial charge in [0, 0.05) is 35.1 Å². The molecular formula is C24H26FN3O3S. The van der Waals surface area contributed by atoms with Crippen molar-refractivity contribution in [2.24, 2.45) is 11.8 Å². The molecule has 1 N–H and O–H groups in total. The second kappa shape index (κ2) is 8.65. The number of nitrogens with zero attached hydrogens (tertiary/aromatic N) is 3. The standard InChI is InChI=1S/C24H26FN3O3S/c25-21-8-7-17(32-21)13-28-20-14-27(11-9-18(20)19-2-1-10-26-23(19)28)22(29)12-15-3-5-16(6-4-15)24(30)31/h1-2,7-8,10,15-16H,3-6,9,11-14H2,(H,30,31)/t15-,16-. The van der Waals surface area contributed by atoms with Crippen LogP contribution in [0.5, 0.6) is 0 Å². The first-order valence-corrected chi connectivity index (χ1v) is 12.0. The highest BCUT2D eigenvalue weighted by Gasteiger charge is 2.31. The first-order chi connectivity index (χ1) is 15.5. The molecule has 0 unspecified atom stereocenters. The molecule has 8 heteroatoms. The lowest BCUT2D eigenvalue weighted by atomic mass is 9.80. The second-order valence-electron chi connectivity index (χ2n) is 8.92. The number of carboxylic acid groups (broad SMARTS) is 1. The zero-order chi connectivity index (χ0) is 22.2. The maximum absolute atomic E-state index is 13.6. The van der Waals surface area contributed by atoms with Crippen LogP contribution in [0.2, 0.25) is 0 Å². The Kier molecular flexibility index (Phi) is 5.71. The molecule has 3 aromatic rings. The Bertz CT molecular complexity index is 1160. The quantitative estimate of drug-likeness (QED) is 0.617. The van der Waals surface area contributed by atoms with E-state index in [4.69, 9.17) is 0 Å². The van der Waals surface area contributed by atoms with Crippen molar-refractivity contribution < 1.29 is 19.1 Å². The van der Waals surface area contributed by atoms with Gasteiger partial charge in [-0.25, -0.2) is 4.98 Å². The summed E-state index contributed by atoms with van der Waals surface area (Å²) in [5, 5.41) is 10.1. The van der Waals surface area contributed by atoms with E-state index in [1.165, 1.54) is 11.6 Å². The molecule has 0 aromatic carbocycles. The predicted octanol–water partition coefficient (Wildman–Crippen LogP) is 4.45. The molecule has 5 rings (SSSR count). The van der Waals surface area contributed by atoms with E-state index < -0.39 is 5.97 Å². The van der Waals surface area contributed by atoms with Crippen LogP contribution in [0.4, 0.5) is 4.39 Å². The fourth-order valence-corrected chi connectivity index (χ4v) is 5.94. The summed E-state index contributed by atoms with van der Waals surface area (Å²) >= 11 is 1.14. The number of hydrogen-bond acceptors (Lipinski definition) is 4. The van der Waals surface area contributed by atoms with Crippen molar-refractivity contribution in [2.75, 3.05) is 6.54 Å². The van der Waals surface area contributed by atoms with E-state index in [1.54, 1.807) is 12.3 Å². The number of thiophene rings is 1. The van der Waals surface area contributed by atoms with Crippen LogP contribution in [0.3, 0.4) is 0 Å². The Morgan fingerprint density at radius 2 is 2.00 bits per heavy atom. The minimum Gasteiger partial charge on any atom is -0.481 e. The van der Waals surface area contributed by atoms with E-state index in [0.717, 1.165) is 52.2 Å². The molecule has 0 bridgehead atoms. The minimum atomic E-state index is -0.717. The highest BCUT2D eigenvalue weighted by molar-refractivity contribution is 7.10. The summed E-state index contributed by atoms with van der Waals surface area (Å²) in [5.41, 5.74) is 3.20. The van der Waals surface area contributed by atoms with Crippen LogP contribution in [0, 0.1) is 17.0 Å². The summed E-state index contributed by atoms with van der Waals surface area (Å²) in [6, 6.07) is 7.30. The number of aromatic nitrogens is 2. The van der Waals surface area contributed by atoms with Gasteiger partial charge >= 0.3 is 5.97 Å². The number of carboxylic acids is 1. The molecule has 6 nitrogen and oxygen atoms in total. The van der Waals surface area contributed by atoms with Crippen LogP contribution in [-0.4, -0.2) is 38.0 Å². The molecule has 32 heavy (non-hydrogen) atoms. The van der Waals surface area contributed by atoms with Gasteiger partial charge in [0.05, 0.1) is 19.0 Å². The normalized spacial score (nSPS) is 21.0. The van der Waals surface area contributed by atoms with Gasteiger partial charge in [-0.05, 0) is 67.9 Å². The first-order valence-electron chi connectivity index (χ1n) is 11.2. The number of aliphatic carboxylic acids is 1. The van der Waals surface area contributed by atoms with Crippen molar-refractivity contribution in [2.45, 2.75) is 51.6 Å². The maximum atomic E-state index is 13.6. The Morgan fingerprint density at radius 3 is 2.72 bits per heavy atom. The summed E-state index contributed by atoms with van der Waals surface area (Å²) in [5.74, 6) is -0.572. The Balaban J connectivity index is 1.34. The van der Waals surface area contributed by atoms with Crippen molar-refractivity contribution in [3.05, 3.63) is 51.7 Å². The van der Waals surface area contributed by atoms with E-state index in [0.29, 0.717) is 38.9 Å². The van der Waals surface area contributed by atoms with Gasteiger partial charge in [-0.15, -0.1) is 11.3 Å². The number of hydrogen-bond donors (Lipinski definition) is 1. The third-order valence-corrected chi connectivity index (χ3v) is 7.83. The van der Waals surface area contributed by atoms with Gasteiger partial charge in [0.1, 0.15) is 5.65 Å². The summed E-state index contributed by atoms with van der Waals surface area (Å²) in [6.45, 7) is 1.75. The van der Waals surface area contributed by atoms with Crippen LogP contribution >= 0.6 is 11.3 Å². The van der Waals surface area contributed by atoms with Crippen LogP contribution in [0.1, 0.15) is 48.2 Å². The molecule has 1 aliphatic carbocycles. The molecule has 0 saturated heterocycles. The van der Waals surface area contributed by atoms with E-state index >= 15 is 0 Å². The number of halogens is 1. The molecule has 1 aliphatic heterocycles. The summed E-state index contributed by atoms with van der Waals surface area (Å²) in [7, 11) is 0. The van der Waals surface area contributed by atoms with E-state index in [2.05, 4.69) is 15.6 Å². The average Bonchev–Trinajstić information content (AvgIpc) is 3.35.